The maximum Gasteiger partial charge on any atom is 0.303 e. The molecule has 30 heavy (non-hydrogen) atoms. The highest BCUT2D eigenvalue weighted by Gasteiger charge is 2.16. The van der Waals surface area contributed by atoms with E-state index < -0.39 is 5.97 Å². The third-order valence-electron chi connectivity index (χ3n) is 5.72. The first kappa shape index (κ1) is 20.5. The van der Waals surface area contributed by atoms with Gasteiger partial charge in [0.2, 0.25) is 0 Å². The summed E-state index contributed by atoms with van der Waals surface area (Å²) in [6.45, 7) is 7.14. The van der Waals surface area contributed by atoms with Crippen LogP contribution >= 0.6 is 11.8 Å². The molecular formula is C24H27N3O2S. The number of carbonyl (C=O) groups is 1. The third-order valence-corrected chi connectivity index (χ3v) is 6.79. The number of carboxylic acids is 1. The van der Waals surface area contributed by atoms with E-state index in [9.17, 15) is 4.79 Å². The summed E-state index contributed by atoms with van der Waals surface area (Å²) < 4.78 is 4.47. The summed E-state index contributed by atoms with van der Waals surface area (Å²) >= 11 is 1.64. The van der Waals surface area contributed by atoms with Gasteiger partial charge in [-0.25, -0.2) is 4.98 Å². The van der Waals surface area contributed by atoms with Crippen LogP contribution in [0.3, 0.4) is 0 Å². The second-order valence-corrected chi connectivity index (χ2v) is 9.05. The van der Waals surface area contributed by atoms with Crippen LogP contribution in [-0.4, -0.2) is 30.9 Å². The highest BCUT2D eigenvalue weighted by atomic mass is 32.2. The molecule has 0 radical (unpaired) electrons. The first-order chi connectivity index (χ1) is 14.3. The highest BCUT2D eigenvalue weighted by Crippen LogP contribution is 2.31. The molecule has 0 aliphatic heterocycles. The van der Waals surface area contributed by atoms with Crippen molar-refractivity contribution in [2.45, 2.75) is 45.3 Å². The Balaban J connectivity index is 1.77. The zero-order chi connectivity index (χ0) is 21.4. The van der Waals surface area contributed by atoms with Crippen molar-refractivity contribution in [2.24, 2.45) is 7.05 Å². The summed E-state index contributed by atoms with van der Waals surface area (Å²) in [5.74, 6) is -0.0103. The van der Waals surface area contributed by atoms with E-state index in [1.165, 1.54) is 33.2 Å². The lowest BCUT2D eigenvalue weighted by atomic mass is 10.1. The van der Waals surface area contributed by atoms with Crippen LogP contribution < -0.4 is 0 Å². The Hall–Kier alpha value is -2.73. The number of nitrogens with zero attached hydrogens (tertiary/aromatic N) is 3. The highest BCUT2D eigenvalue weighted by molar-refractivity contribution is 7.99. The summed E-state index contributed by atoms with van der Waals surface area (Å²) in [5, 5.41) is 11.2. The van der Waals surface area contributed by atoms with Crippen LogP contribution in [0.2, 0.25) is 0 Å². The minimum Gasteiger partial charge on any atom is -0.481 e. The fourth-order valence-electron chi connectivity index (χ4n) is 4.03. The van der Waals surface area contributed by atoms with Crippen molar-refractivity contribution in [3.8, 4) is 0 Å². The largest absolute Gasteiger partial charge is 0.481 e. The molecule has 4 aromatic rings. The van der Waals surface area contributed by atoms with Gasteiger partial charge in [-0.1, -0.05) is 23.9 Å². The normalized spacial score (nSPS) is 11.6. The van der Waals surface area contributed by atoms with Crippen molar-refractivity contribution in [1.29, 1.82) is 0 Å². The zero-order valence-corrected chi connectivity index (χ0v) is 18.7. The molecule has 6 heteroatoms. The third kappa shape index (κ3) is 3.84. The number of fused-ring (bicyclic) bond motifs is 2. The van der Waals surface area contributed by atoms with E-state index in [0.29, 0.717) is 6.42 Å². The van der Waals surface area contributed by atoms with E-state index in [-0.39, 0.29) is 6.42 Å². The molecule has 1 N–H and O–H groups in total. The van der Waals surface area contributed by atoms with E-state index >= 15 is 0 Å². The molecule has 5 nitrogen and oxygen atoms in total. The van der Waals surface area contributed by atoms with E-state index in [1.807, 2.05) is 0 Å². The van der Waals surface area contributed by atoms with Crippen molar-refractivity contribution in [1.82, 2.24) is 14.1 Å². The molecular weight excluding hydrogens is 394 g/mol. The Morgan fingerprint density at radius 3 is 2.63 bits per heavy atom. The summed E-state index contributed by atoms with van der Waals surface area (Å²) in [6.07, 6.45) is 3.03. The lowest BCUT2D eigenvalue weighted by Gasteiger charge is -2.10. The molecule has 0 atom stereocenters. The van der Waals surface area contributed by atoms with E-state index in [1.54, 1.807) is 11.8 Å². The van der Waals surface area contributed by atoms with Gasteiger partial charge in [0.05, 0.1) is 17.6 Å². The minimum absolute atomic E-state index is 0.188. The molecule has 0 fully saturated rings. The van der Waals surface area contributed by atoms with Crippen LogP contribution in [0.25, 0.3) is 21.9 Å². The van der Waals surface area contributed by atoms with Crippen LogP contribution in [0.4, 0.5) is 0 Å². The average Bonchev–Trinajstić information content (AvgIpc) is 3.18. The maximum atomic E-state index is 10.9. The van der Waals surface area contributed by atoms with Crippen LogP contribution in [-0.2, 0) is 18.4 Å². The van der Waals surface area contributed by atoms with Gasteiger partial charge in [-0.15, -0.1) is 0 Å². The van der Waals surface area contributed by atoms with Gasteiger partial charge in [0.1, 0.15) is 0 Å². The SMILES string of the molecule is Cc1cc2nc(SCCCC(=O)O)n(Cc3cn(C)c4cccc(C)c34)c2cc1C. The first-order valence-corrected chi connectivity index (χ1v) is 11.2. The number of aliphatic carboxylic acids is 1. The van der Waals surface area contributed by atoms with Gasteiger partial charge in [0.15, 0.2) is 5.16 Å². The molecule has 4 rings (SSSR count). The van der Waals surface area contributed by atoms with Gasteiger partial charge in [0.25, 0.3) is 0 Å². The minimum atomic E-state index is -0.749. The number of aryl methyl sites for hydroxylation is 4. The molecule has 0 unspecified atom stereocenters. The number of rotatable bonds is 7. The molecule has 0 aliphatic carbocycles. The number of imidazole rings is 1. The molecule has 0 amide bonds. The van der Waals surface area contributed by atoms with Crippen LogP contribution in [0, 0.1) is 20.8 Å². The lowest BCUT2D eigenvalue weighted by Crippen LogP contribution is -2.03. The zero-order valence-electron chi connectivity index (χ0n) is 17.9. The number of carboxylic acid groups (broad SMARTS) is 1. The van der Waals surface area contributed by atoms with Gasteiger partial charge >= 0.3 is 5.97 Å². The van der Waals surface area contributed by atoms with E-state index in [2.05, 4.69) is 73.5 Å². The van der Waals surface area contributed by atoms with Crippen LogP contribution in [0.15, 0.2) is 41.7 Å². The summed E-state index contributed by atoms with van der Waals surface area (Å²) in [6, 6.07) is 10.8. The average molecular weight is 422 g/mol. The standard InChI is InChI=1S/C24H27N3O2S/c1-15-7-5-8-20-23(15)18(13-26(20)4)14-27-21-12-17(3)16(2)11-19(21)25-24(27)30-10-6-9-22(28)29/h5,7-8,11-13H,6,9-10,14H2,1-4H3,(H,28,29). The Labute approximate surface area is 180 Å². The number of aromatic nitrogens is 3. The van der Waals surface area contributed by atoms with Crippen molar-refractivity contribution in [3.05, 3.63) is 58.8 Å². The smallest absolute Gasteiger partial charge is 0.303 e. The summed E-state index contributed by atoms with van der Waals surface area (Å²) in [7, 11) is 2.09. The summed E-state index contributed by atoms with van der Waals surface area (Å²) in [5.41, 5.74) is 8.39. The lowest BCUT2D eigenvalue weighted by molar-refractivity contribution is -0.137. The fraction of sp³-hybridized carbons (Fsp3) is 0.333. The Morgan fingerprint density at radius 2 is 1.87 bits per heavy atom. The predicted octanol–water partition coefficient (Wildman–Crippen LogP) is 5.46. The maximum absolute atomic E-state index is 10.9. The Kier molecular flexibility index (Phi) is 5.60. The predicted molar refractivity (Wildman–Crippen MR) is 124 cm³/mol. The quantitative estimate of drug-likeness (QED) is 0.318. The second-order valence-electron chi connectivity index (χ2n) is 7.99. The van der Waals surface area contributed by atoms with Crippen LogP contribution in [0.1, 0.15) is 35.1 Å². The molecule has 156 valence electrons. The molecule has 0 saturated carbocycles. The molecule has 2 aromatic carbocycles. The summed E-state index contributed by atoms with van der Waals surface area (Å²) in [4.78, 5) is 15.8. The number of hydrogen-bond donors (Lipinski definition) is 1. The monoisotopic (exact) mass is 421 g/mol. The number of hydrogen-bond acceptors (Lipinski definition) is 3. The second kappa shape index (κ2) is 8.19. The molecule has 0 bridgehead atoms. The Morgan fingerprint density at radius 1 is 1.10 bits per heavy atom. The Bertz CT molecular complexity index is 1250. The molecule has 0 aliphatic rings. The van der Waals surface area contributed by atoms with E-state index in [0.717, 1.165) is 28.5 Å². The molecule has 0 saturated heterocycles. The van der Waals surface area contributed by atoms with Crippen molar-refractivity contribution < 1.29 is 9.90 Å². The van der Waals surface area contributed by atoms with E-state index in [4.69, 9.17) is 10.1 Å². The molecule has 2 aromatic heterocycles. The van der Waals surface area contributed by atoms with Gasteiger partial charge in [-0.3, -0.25) is 4.79 Å². The fourth-order valence-corrected chi connectivity index (χ4v) is 4.98. The van der Waals surface area contributed by atoms with Crippen molar-refractivity contribution in [2.75, 3.05) is 5.75 Å². The van der Waals surface area contributed by atoms with Gasteiger partial charge in [-0.05, 0) is 67.6 Å². The van der Waals surface area contributed by atoms with Crippen LogP contribution in [0.5, 0.6) is 0 Å². The topological polar surface area (TPSA) is 60.0 Å². The number of benzene rings is 2. The van der Waals surface area contributed by atoms with Gasteiger partial charge in [0, 0.05) is 36.3 Å². The molecule has 0 spiro atoms. The first-order valence-electron chi connectivity index (χ1n) is 10.2. The molecule has 2 heterocycles. The van der Waals surface area contributed by atoms with Crippen molar-refractivity contribution >= 4 is 39.7 Å². The van der Waals surface area contributed by atoms with Crippen molar-refractivity contribution in [3.63, 3.8) is 0 Å². The number of thioether (sulfide) groups is 1. The van der Waals surface area contributed by atoms with Gasteiger partial charge in [-0.2, -0.15) is 0 Å². The van der Waals surface area contributed by atoms with Gasteiger partial charge < -0.3 is 14.2 Å².